The molecule has 6 nitrogen and oxygen atoms in total. The van der Waals surface area contributed by atoms with E-state index in [1.54, 1.807) is 0 Å². The van der Waals surface area contributed by atoms with Crippen LogP contribution in [0.2, 0.25) is 0 Å². The minimum atomic E-state index is -0.801. The fourth-order valence-corrected chi connectivity index (χ4v) is 8.90. The summed E-state index contributed by atoms with van der Waals surface area (Å²) in [6, 6.07) is 0. The van der Waals surface area contributed by atoms with Gasteiger partial charge in [0.25, 0.3) is 0 Å². The number of hydrogen-bond donors (Lipinski definition) is 0. The second kappa shape index (κ2) is 61.4. The number of allylic oxidation sites excluding steroid dienone is 12. The zero-order valence-corrected chi connectivity index (χ0v) is 48.4. The summed E-state index contributed by atoms with van der Waals surface area (Å²) in [4.78, 5) is 38.3. The lowest BCUT2D eigenvalue weighted by Crippen LogP contribution is -2.30. The Morgan fingerprint density at radius 3 is 0.863 bits per heavy atom. The predicted molar refractivity (Wildman–Crippen MR) is 316 cm³/mol. The third-order valence-electron chi connectivity index (χ3n) is 13.7. The first-order chi connectivity index (χ1) is 36.0. The minimum absolute atomic E-state index is 0.0933. The van der Waals surface area contributed by atoms with Gasteiger partial charge in [0.2, 0.25) is 0 Å². The summed E-state index contributed by atoms with van der Waals surface area (Å²) in [6.45, 7) is 6.59. The summed E-state index contributed by atoms with van der Waals surface area (Å²) in [6.07, 6.45) is 79.0. The van der Waals surface area contributed by atoms with Crippen molar-refractivity contribution in [3.63, 3.8) is 0 Å². The lowest BCUT2D eigenvalue weighted by molar-refractivity contribution is -0.167. The van der Waals surface area contributed by atoms with E-state index in [2.05, 4.69) is 93.7 Å². The lowest BCUT2D eigenvalue weighted by Gasteiger charge is -2.18. The molecule has 0 amide bonds. The average Bonchev–Trinajstić information content (AvgIpc) is 3.39. The van der Waals surface area contributed by atoms with Crippen LogP contribution in [0, 0.1) is 0 Å². The van der Waals surface area contributed by atoms with E-state index in [0.29, 0.717) is 19.3 Å². The van der Waals surface area contributed by atoms with Gasteiger partial charge in [-0.3, -0.25) is 14.4 Å². The molecule has 0 heterocycles. The molecule has 0 aliphatic carbocycles. The van der Waals surface area contributed by atoms with E-state index in [4.69, 9.17) is 14.2 Å². The molecule has 0 radical (unpaired) electrons. The molecule has 0 saturated carbocycles. The van der Waals surface area contributed by atoms with E-state index >= 15 is 0 Å². The molecule has 0 rings (SSSR count). The summed E-state index contributed by atoms with van der Waals surface area (Å²) in [7, 11) is 0. The Morgan fingerprint density at radius 1 is 0.274 bits per heavy atom. The summed E-state index contributed by atoms with van der Waals surface area (Å²) >= 11 is 0. The maximum atomic E-state index is 12.9. The molecular formula is C67H118O6. The maximum Gasteiger partial charge on any atom is 0.306 e. The second-order valence-electron chi connectivity index (χ2n) is 21.0. The Kier molecular flexibility index (Phi) is 58.7. The van der Waals surface area contributed by atoms with Crippen LogP contribution < -0.4 is 0 Å². The van der Waals surface area contributed by atoms with E-state index in [1.165, 1.54) is 199 Å². The van der Waals surface area contributed by atoms with Crippen molar-refractivity contribution in [3.05, 3.63) is 72.9 Å². The second-order valence-corrected chi connectivity index (χ2v) is 21.0. The Bertz CT molecular complexity index is 1360. The number of carbonyl (C=O) groups excluding carboxylic acids is 3. The van der Waals surface area contributed by atoms with Crippen LogP contribution in [0.15, 0.2) is 72.9 Å². The van der Waals surface area contributed by atoms with Crippen LogP contribution in [0.1, 0.15) is 316 Å². The molecule has 0 unspecified atom stereocenters. The fraction of sp³-hybridized carbons (Fsp3) is 0.776. The molecular weight excluding hydrogens is 901 g/mol. The number of unbranched alkanes of at least 4 members (excludes halogenated alkanes) is 34. The van der Waals surface area contributed by atoms with E-state index in [-0.39, 0.29) is 37.5 Å². The zero-order chi connectivity index (χ0) is 52.9. The first-order valence-corrected chi connectivity index (χ1v) is 31.4. The van der Waals surface area contributed by atoms with Gasteiger partial charge >= 0.3 is 17.9 Å². The molecule has 73 heavy (non-hydrogen) atoms. The van der Waals surface area contributed by atoms with Gasteiger partial charge < -0.3 is 14.2 Å². The minimum Gasteiger partial charge on any atom is -0.462 e. The van der Waals surface area contributed by atoms with Crippen molar-refractivity contribution in [2.24, 2.45) is 0 Å². The summed E-state index contributed by atoms with van der Waals surface area (Å²) in [5, 5.41) is 0. The standard InChI is InChI=1S/C67H118O6/c1-4-7-10-13-16-19-22-25-28-31-32-33-34-37-39-42-45-48-51-54-57-60-66(69)72-63-64(73-67(70)61-58-55-52-49-46-43-40-36-30-27-24-21-18-15-12-9-6-3)62-71-65(68)59-56-53-50-47-44-41-38-35-29-26-23-20-17-14-11-8-5-2/h18,21,25-30,38,41,47,50,64H,4-17,19-20,22-24,31-37,39-40,42-46,48-49,51-63H2,1-3H3/b21-18-,28-25-,29-26-,30-27-,41-38-,50-47-/t64-/m0/s1. The fourth-order valence-electron chi connectivity index (χ4n) is 8.90. The van der Waals surface area contributed by atoms with Gasteiger partial charge in [0.15, 0.2) is 6.10 Å². The summed E-state index contributed by atoms with van der Waals surface area (Å²) in [5.74, 6) is -0.944. The molecule has 0 aromatic heterocycles. The van der Waals surface area contributed by atoms with Gasteiger partial charge in [0.1, 0.15) is 13.2 Å². The highest BCUT2D eigenvalue weighted by molar-refractivity contribution is 5.71. The molecule has 0 aromatic rings. The Labute approximate surface area is 453 Å². The quantitative estimate of drug-likeness (QED) is 0.0261. The van der Waals surface area contributed by atoms with Gasteiger partial charge in [-0.05, 0) is 109 Å². The third kappa shape index (κ3) is 59.6. The number of ether oxygens (including phenoxy) is 3. The van der Waals surface area contributed by atoms with Gasteiger partial charge in [-0.15, -0.1) is 0 Å². The van der Waals surface area contributed by atoms with Crippen molar-refractivity contribution in [1.29, 1.82) is 0 Å². The number of carbonyl (C=O) groups is 3. The van der Waals surface area contributed by atoms with Gasteiger partial charge in [-0.1, -0.05) is 261 Å². The van der Waals surface area contributed by atoms with Gasteiger partial charge in [-0.2, -0.15) is 0 Å². The number of esters is 3. The third-order valence-corrected chi connectivity index (χ3v) is 13.7. The Balaban J connectivity index is 4.42. The van der Waals surface area contributed by atoms with Crippen LogP contribution >= 0.6 is 0 Å². The Hall–Kier alpha value is -3.15. The molecule has 0 N–H and O–H groups in total. The Morgan fingerprint density at radius 2 is 0.507 bits per heavy atom. The van der Waals surface area contributed by atoms with Crippen LogP contribution in [0.4, 0.5) is 0 Å². The van der Waals surface area contributed by atoms with Crippen LogP contribution in [0.3, 0.4) is 0 Å². The van der Waals surface area contributed by atoms with Crippen LogP contribution in [0.5, 0.6) is 0 Å². The largest absolute Gasteiger partial charge is 0.462 e. The molecule has 6 heteroatoms. The molecule has 0 saturated heterocycles. The van der Waals surface area contributed by atoms with Gasteiger partial charge in [0.05, 0.1) is 0 Å². The smallest absolute Gasteiger partial charge is 0.306 e. The topological polar surface area (TPSA) is 78.9 Å². The molecule has 1 atom stereocenters. The first-order valence-electron chi connectivity index (χ1n) is 31.4. The summed E-state index contributed by atoms with van der Waals surface area (Å²) in [5.41, 5.74) is 0. The first kappa shape index (κ1) is 69.8. The molecule has 0 bridgehead atoms. The SMILES string of the molecule is CCCCC/C=C\C/C=C\CCCCCCCCCC(=O)O[C@@H](COC(=O)CCC/C=C\C/C=C\C/C=C\CCCCCCCC)COC(=O)CCCCCCCCCCCCC/C=C\CCCCCCCC. The van der Waals surface area contributed by atoms with E-state index < -0.39 is 6.10 Å². The van der Waals surface area contributed by atoms with Crippen molar-refractivity contribution in [2.45, 2.75) is 322 Å². The van der Waals surface area contributed by atoms with Gasteiger partial charge in [-0.25, -0.2) is 0 Å². The average molecular weight is 1020 g/mol. The van der Waals surface area contributed by atoms with Crippen molar-refractivity contribution in [1.82, 2.24) is 0 Å². The summed E-state index contributed by atoms with van der Waals surface area (Å²) < 4.78 is 16.9. The zero-order valence-electron chi connectivity index (χ0n) is 48.4. The number of rotatable bonds is 57. The highest BCUT2D eigenvalue weighted by atomic mass is 16.6. The normalized spacial score (nSPS) is 12.5. The van der Waals surface area contributed by atoms with Crippen molar-refractivity contribution < 1.29 is 28.6 Å². The molecule has 422 valence electrons. The predicted octanol–water partition coefficient (Wildman–Crippen LogP) is 21.3. The maximum absolute atomic E-state index is 12.9. The van der Waals surface area contributed by atoms with Crippen molar-refractivity contribution in [2.75, 3.05) is 13.2 Å². The highest BCUT2D eigenvalue weighted by Gasteiger charge is 2.19. The molecule has 0 fully saturated rings. The molecule has 0 aliphatic rings. The van der Waals surface area contributed by atoms with Crippen molar-refractivity contribution >= 4 is 17.9 Å². The van der Waals surface area contributed by atoms with E-state index in [0.717, 1.165) is 70.6 Å². The molecule has 0 aliphatic heterocycles. The highest BCUT2D eigenvalue weighted by Crippen LogP contribution is 2.16. The molecule has 0 spiro atoms. The van der Waals surface area contributed by atoms with E-state index in [1.807, 2.05) is 0 Å². The monoisotopic (exact) mass is 1020 g/mol. The van der Waals surface area contributed by atoms with Crippen LogP contribution in [0.25, 0.3) is 0 Å². The number of hydrogen-bond acceptors (Lipinski definition) is 6. The van der Waals surface area contributed by atoms with Crippen molar-refractivity contribution in [3.8, 4) is 0 Å². The molecule has 0 aromatic carbocycles. The lowest BCUT2D eigenvalue weighted by atomic mass is 10.0. The van der Waals surface area contributed by atoms with Gasteiger partial charge in [0, 0.05) is 19.3 Å². The van der Waals surface area contributed by atoms with E-state index in [9.17, 15) is 14.4 Å². The van der Waals surface area contributed by atoms with Crippen LogP contribution in [-0.4, -0.2) is 37.2 Å². The van der Waals surface area contributed by atoms with Crippen LogP contribution in [-0.2, 0) is 28.6 Å².